The minimum absolute atomic E-state index is 0.280. The van der Waals surface area contributed by atoms with E-state index in [4.69, 9.17) is 9.26 Å². The summed E-state index contributed by atoms with van der Waals surface area (Å²) < 4.78 is 10.8. The van der Waals surface area contributed by atoms with Crippen LogP contribution in [0.4, 0.5) is 0 Å². The van der Waals surface area contributed by atoms with Crippen LogP contribution in [-0.4, -0.2) is 15.2 Å². The fourth-order valence-electron chi connectivity index (χ4n) is 1.90. The van der Waals surface area contributed by atoms with E-state index in [-0.39, 0.29) is 6.61 Å². The molecular formula is C15H20N2O3. The van der Waals surface area contributed by atoms with Crippen LogP contribution in [0.3, 0.4) is 0 Å². The average Bonchev–Trinajstić information content (AvgIpc) is 2.85. The Morgan fingerprint density at radius 2 is 2.20 bits per heavy atom. The van der Waals surface area contributed by atoms with Crippen molar-refractivity contribution in [2.24, 2.45) is 0 Å². The number of nitrogens with zero attached hydrogens (tertiary/aromatic N) is 2. The van der Waals surface area contributed by atoms with E-state index < -0.39 is 6.10 Å². The highest BCUT2D eigenvalue weighted by atomic mass is 16.5. The number of hydrogen-bond acceptors (Lipinski definition) is 5. The molecule has 0 radical (unpaired) electrons. The van der Waals surface area contributed by atoms with Gasteiger partial charge in [0.2, 0.25) is 11.7 Å². The lowest BCUT2D eigenvalue weighted by Crippen LogP contribution is -2.00. The van der Waals surface area contributed by atoms with E-state index in [1.165, 1.54) is 0 Å². The Hall–Kier alpha value is -1.88. The smallest absolute Gasteiger partial charge is 0.226 e. The molecule has 1 N–H and O–H groups in total. The monoisotopic (exact) mass is 276 g/mol. The molecule has 0 aliphatic carbocycles. The summed E-state index contributed by atoms with van der Waals surface area (Å²) in [5.41, 5.74) is 1.85. The molecule has 0 aliphatic rings. The Kier molecular flexibility index (Phi) is 4.74. The van der Waals surface area contributed by atoms with Gasteiger partial charge in [0.1, 0.15) is 5.75 Å². The van der Waals surface area contributed by atoms with Crippen molar-refractivity contribution >= 4 is 0 Å². The van der Waals surface area contributed by atoms with Crippen LogP contribution in [-0.2, 0) is 13.0 Å². The summed E-state index contributed by atoms with van der Waals surface area (Å²) in [6.07, 6.45) is 1.29. The van der Waals surface area contributed by atoms with Gasteiger partial charge in [-0.3, -0.25) is 0 Å². The van der Waals surface area contributed by atoms with E-state index in [1.54, 1.807) is 6.92 Å². The average molecular weight is 276 g/mol. The Labute approximate surface area is 118 Å². The van der Waals surface area contributed by atoms with Crippen LogP contribution >= 0.6 is 0 Å². The van der Waals surface area contributed by atoms with E-state index in [2.05, 4.69) is 17.1 Å². The molecule has 1 aromatic carbocycles. The maximum Gasteiger partial charge on any atom is 0.226 e. The molecule has 2 rings (SSSR count). The van der Waals surface area contributed by atoms with Gasteiger partial charge in [0, 0.05) is 6.42 Å². The first-order valence-corrected chi connectivity index (χ1v) is 6.83. The summed E-state index contributed by atoms with van der Waals surface area (Å²) in [6, 6.07) is 5.62. The van der Waals surface area contributed by atoms with Crippen molar-refractivity contribution in [2.75, 3.05) is 0 Å². The highest BCUT2D eigenvalue weighted by Gasteiger charge is 2.08. The fourth-order valence-corrected chi connectivity index (χ4v) is 1.90. The normalized spacial score (nSPS) is 12.4. The summed E-state index contributed by atoms with van der Waals surface area (Å²) in [6.45, 7) is 6.03. The second-order valence-corrected chi connectivity index (χ2v) is 4.84. The van der Waals surface area contributed by atoms with Gasteiger partial charge in [-0.05, 0) is 43.5 Å². The summed E-state index contributed by atoms with van der Waals surface area (Å²) in [7, 11) is 0. The van der Waals surface area contributed by atoms with Crippen molar-refractivity contribution in [1.29, 1.82) is 0 Å². The molecule has 0 unspecified atom stereocenters. The highest BCUT2D eigenvalue weighted by Crippen LogP contribution is 2.23. The van der Waals surface area contributed by atoms with Gasteiger partial charge in [0.25, 0.3) is 0 Å². The van der Waals surface area contributed by atoms with Gasteiger partial charge < -0.3 is 14.4 Å². The molecule has 2 aromatic rings. The number of aliphatic hydroxyl groups is 1. The topological polar surface area (TPSA) is 68.4 Å². The quantitative estimate of drug-likeness (QED) is 0.878. The van der Waals surface area contributed by atoms with Gasteiger partial charge in [-0.2, -0.15) is 4.98 Å². The number of aryl methyl sites for hydroxylation is 2. The Balaban J connectivity index is 1.99. The number of rotatable bonds is 6. The van der Waals surface area contributed by atoms with Crippen LogP contribution in [0.1, 0.15) is 49.2 Å². The lowest BCUT2D eigenvalue weighted by atomic mass is 10.1. The van der Waals surface area contributed by atoms with E-state index in [0.717, 1.165) is 29.7 Å². The van der Waals surface area contributed by atoms with Gasteiger partial charge in [-0.15, -0.1) is 0 Å². The molecule has 0 amide bonds. The van der Waals surface area contributed by atoms with Gasteiger partial charge in [-0.1, -0.05) is 18.1 Å². The summed E-state index contributed by atoms with van der Waals surface area (Å²) >= 11 is 0. The highest BCUT2D eigenvalue weighted by molar-refractivity contribution is 5.36. The van der Waals surface area contributed by atoms with Crippen LogP contribution in [0.25, 0.3) is 0 Å². The molecule has 0 spiro atoms. The molecule has 1 atom stereocenters. The van der Waals surface area contributed by atoms with Crippen LogP contribution in [0.2, 0.25) is 0 Å². The van der Waals surface area contributed by atoms with Crippen LogP contribution < -0.4 is 4.74 Å². The van der Waals surface area contributed by atoms with E-state index in [0.29, 0.717) is 11.7 Å². The van der Waals surface area contributed by atoms with Crippen molar-refractivity contribution in [2.45, 2.75) is 46.3 Å². The standard InChI is InChI=1S/C15H20N2O3/c1-4-5-15-16-14(17-20-15)9-19-13-7-6-12(11(3)18)8-10(13)2/h6-8,11,18H,4-5,9H2,1-3H3/t11-/m0/s1. The second kappa shape index (κ2) is 6.52. The molecule has 1 heterocycles. The first kappa shape index (κ1) is 14.5. The zero-order valence-corrected chi connectivity index (χ0v) is 12.1. The van der Waals surface area contributed by atoms with Crippen molar-refractivity contribution in [1.82, 2.24) is 10.1 Å². The van der Waals surface area contributed by atoms with Crippen molar-refractivity contribution in [3.05, 3.63) is 41.0 Å². The zero-order chi connectivity index (χ0) is 14.5. The predicted octanol–water partition coefficient (Wildman–Crippen LogP) is 2.96. The van der Waals surface area contributed by atoms with Gasteiger partial charge in [0.15, 0.2) is 6.61 Å². The van der Waals surface area contributed by atoms with Crippen LogP contribution in [0, 0.1) is 6.92 Å². The Bertz CT molecular complexity index is 564. The summed E-state index contributed by atoms with van der Waals surface area (Å²) in [4.78, 5) is 4.25. The molecule has 20 heavy (non-hydrogen) atoms. The lowest BCUT2D eigenvalue weighted by Gasteiger charge is -2.10. The minimum atomic E-state index is -0.475. The maximum absolute atomic E-state index is 9.53. The molecule has 108 valence electrons. The minimum Gasteiger partial charge on any atom is -0.485 e. The van der Waals surface area contributed by atoms with Crippen molar-refractivity contribution in [3.63, 3.8) is 0 Å². The molecule has 0 bridgehead atoms. The Morgan fingerprint density at radius 1 is 1.40 bits per heavy atom. The summed E-state index contributed by atoms with van der Waals surface area (Å²) in [5, 5.41) is 13.4. The van der Waals surface area contributed by atoms with Crippen LogP contribution in [0.15, 0.2) is 22.7 Å². The molecule has 0 saturated carbocycles. The fraction of sp³-hybridized carbons (Fsp3) is 0.467. The number of ether oxygens (including phenoxy) is 1. The molecule has 0 fully saturated rings. The zero-order valence-electron chi connectivity index (χ0n) is 12.1. The van der Waals surface area contributed by atoms with Gasteiger partial charge in [0.05, 0.1) is 6.10 Å². The molecule has 0 saturated heterocycles. The molecule has 0 aliphatic heterocycles. The number of hydrogen-bond donors (Lipinski definition) is 1. The molecule has 1 aromatic heterocycles. The first-order chi connectivity index (χ1) is 9.60. The van der Waals surface area contributed by atoms with E-state index in [1.807, 2.05) is 25.1 Å². The van der Waals surface area contributed by atoms with Gasteiger partial charge >= 0.3 is 0 Å². The SMILES string of the molecule is CCCc1nc(COc2ccc([C@H](C)O)cc2C)no1. The second-order valence-electron chi connectivity index (χ2n) is 4.84. The molecule has 5 heteroatoms. The van der Waals surface area contributed by atoms with Crippen LogP contribution in [0.5, 0.6) is 5.75 Å². The largest absolute Gasteiger partial charge is 0.485 e. The van der Waals surface area contributed by atoms with Crippen molar-refractivity contribution in [3.8, 4) is 5.75 Å². The predicted molar refractivity (Wildman–Crippen MR) is 74.4 cm³/mol. The molecule has 5 nitrogen and oxygen atoms in total. The molecular weight excluding hydrogens is 256 g/mol. The third-order valence-corrected chi connectivity index (χ3v) is 3.01. The van der Waals surface area contributed by atoms with E-state index >= 15 is 0 Å². The van der Waals surface area contributed by atoms with Gasteiger partial charge in [-0.25, -0.2) is 0 Å². The maximum atomic E-state index is 9.53. The van der Waals surface area contributed by atoms with Crippen molar-refractivity contribution < 1.29 is 14.4 Å². The lowest BCUT2D eigenvalue weighted by molar-refractivity contribution is 0.199. The summed E-state index contributed by atoms with van der Waals surface area (Å²) in [5.74, 6) is 1.95. The van der Waals surface area contributed by atoms with E-state index in [9.17, 15) is 5.11 Å². The Morgan fingerprint density at radius 3 is 2.85 bits per heavy atom. The number of aliphatic hydroxyl groups excluding tert-OH is 1. The number of benzene rings is 1. The first-order valence-electron chi connectivity index (χ1n) is 6.83. The third-order valence-electron chi connectivity index (χ3n) is 3.01. The number of aromatic nitrogens is 2. The third kappa shape index (κ3) is 3.57.